The van der Waals surface area contributed by atoms with Gasteiger partial charge in [0.1, 0.15) is 5.75 Å². The smallest absolute Gasteiger partial charge is 0.119 e. The van der Waals surface area contributed by atoms with Gasteiger partial charge in [-0.3, -0.25) is 4.90 Å². The minimum absolute atomic E-state index is 0.826. The quantitative estimate of drug-likeness (QED) is 0.485. The van der Waals surface area contributed by atoms with E-state index >= 15 is 0 Å². The molecule has 3 aliphatic rings. The van der Waals surface area contributed by atoms with Gasteiger partial charge < -0.3 is 14.4 Å². The van der Waals surface area contributed by atoms with Gasteiger partial charge in [0.15, 0.2) is 0 Å². The van der Waals surface area contributed by atoms with Gasteiger partial charge in [-0.15, -0.1) is 0 Å². The zero-order chi connectivity index (χ0) is 19.9. The fourth-order valence-corrected chi connectivity index (χ4v) is 5.19. The highest BCUT2D eigenvalue weighted by Crippen LogP contribution is 2.52. The summed E-state index contributed by atoms with van der Waals surface area (Å²) in [4.78, 5) is 5.23. The summed E-state index contributed by atoms with van der Waals surface area (Å²) >= 11 is 0. The lowest BCUT2D eigenvalue weighted by atomic mass is 10.1. The van der Waals surface area contributed by atoms with E-state index in [-0.39, 0.29) is 0 Å². The zero-order valence-electron chi connectivity index (χ0n) is 18.4. The lowest BCUT2D eigenvalue weighted by Crippen LogP contribution is -2.31. The summed E-state index contributed by atoms with van der Waals surface area (Å²) in [5, 5.41) is 0. The molecule has 1 saturated carbocycles. The van der Waals surface area contributed by atoms with Crippen LogP contribution in [0.3, 0.4) is 0 Å². The van der Waals surface area contributed by atoms with E-state index in [1.54, 1.807) is 0 Å². The van der Waals surface area contributed by atoms with E-state index in [1.165, 1.54) is 70.4 Å². The van der Waals surface area contributed by atoms with Crippen molar-refractivity contribution in [3.8, 4) is 5.75 Å². The van der Waals surface area contributed by atoms with Crippen molar-refractivity contribution in [1.82, 2.24) is 9.80 Å². The first-order valence-electron chi connectivity index (χ1n) is 12.1. The second kappa shape index (κ2) is 10.8. The van der Waals surface area contributed by atoms with E-state index in [0.717, 1.165) is 56.3 Å². The zero-order valence-corrected chi connectivity index (χ0v) is 18.4. The van der Waals surface area contributed by atoms with Crippen molar-refractivity contribution in [3.05, 3.63) is 29.8 Å². The van der Waals surface area contributed by atoms with Crippen LogP contribution in [-0.2, 0) is 11.3 Å². The van der Waals surface area contributed by atoms with Crippen LogP contribution in [0.5, 0.6) is 5.75 Å². The number of fused-ring (bicyclic) bond motifs is 1. The summed E-state index contributed by atoms with van der Waals surface area (Å²) < 4.78 is 11.8. The molecule has 0 N–H and O–H groups in total. The first-order valence-corrected chi connectivity index (χ1v) is 12.1. The fourth-order valence-electron chi connectivity index (χ4n) is 5.19. The third kappa shape index (κ3) is 6.19. The van der Waals surface area contributed by atoms with Crippen molar-refractivity contribution in [2.45, 2.75) is 52.0 Å². The summed E-state index contributed by atoms with van der Waals surface area (Å²) in [6.07, 6.45) is 7.71. The molecule has 3 fully saturated rings. The lowest BCUT2D eigenvalue weighted by molar-refractivity contribution is 0.0967. The number of hydrogen-bond acceptors (Lipinski definition) is 4. The molecule has 0 spiro atoms. The molecule has 2 heterocycles. The number of piperidine rings is 2. The Hall–Kier alpha value is -1.10. The molecule has 1 aromatic carbocycles. The summed E-state index contributed by atoms with van der Waals surface area (Å²) in [5.41, 5.74) is 1.40. The highest BCUT2D eigenvalue weighted by Gasteiger charge is 2.55. The third-order valence-electron chi connectivity index (χ3n) is 7.07. The van der Waals surface area contributed by atoms with Gasteiger partial charge in [0.25, 0.3) is 0 Å². The molecule has 2 saturated heterocycles. The van der Waals surface area contributed by atoms with Crippen molar-refractivity contribution in [1.29, 1.82) is 0 Å². The molecule has 0 aromatic heterocycles. The van der Waals surface area contributed by atoms with Crippen molar-refractivity contribution >= 4 is 0 Å². The van der Waals surface area contributed by atoms with Crippen molar-refractivity contribution < 1.29 is 9.47 Å². The maximum atomic E-state index is 6.03. The van der Waals surface area contributed by atoms with Crippen LogP contribution < -0.4 is 4.74 Å². The molecule has 4 rings (SSSR count). The van der Waals surface area contributed by atoms with Crippen LogP contribution >= 0.6 is 0 Å². The maximum absolute atomic E-state index is 6.03. The summed E-state index contributed by atoms with van der Waals surface area (Å²) in [6.45, 7) is 12.4. The Balaban J connectivity index is 1.06. The molecule has 1 aromatic rings. The monoisotopic (exact) mass is 400 g/mol. The van der Waals surface area contributed by atoms with Gasteiger partial charge in [-0.05, 0) is 74.2 Å². The Bertz CT molecular complexity index is 587. The van der Waals surface area contributed by atoms with E-state index < -0.39 is 0 Å². The predicted octanol–water partition coefficient (Wildman–Crippen LogP) is 4.44. The van der Waals surface area contributed by atoms with Gasteiger partial charge in [-0.2, -0.15) is 0 Å². The number of likely N-dealkylation sites (tertiary alicyclic amines) is 2. The number of rotatable bonds is 12. The van der Waals surface area contributed by atoms with E-state index in [1.807, 2.05) is 0 Å². The topological polar surface area (TPSA) is 24.9 Å². The maximum Gasteiger partial charge on any atom is 0.119 e. The molecule has 0 bridgehead atoms. The van der Waals surface area contributed by atoms with Crippen LogP contribution in [0.15, 0.2) is 24.3 Å². The van der Waals surface area contributed by atoms with Crippen molar-refractivity contribution in [2.75, 3.05) is 52.5 Å². The Morgan fingerprint density at radius 2 is 1.66 bits per heavy atom. The lowest BCUT2D eigenvalue weighted by Gasteiger charge is -2.26. The van der Waals surface area contributed by atoms with Gasteiger partial charge in [0, 0.05) is 32.8 Å². The van der Waals surface area contributed by atoms with Crippen molar-refractivity contribution in [2.24, 2.45) is 17.8 Å². The molecular weight excluding hydrogens is 360 g/mol. The Morgan fingerprint density at radius 1 is 0.897 bits per heavy atom. The molecule has 0 amide bonds. The van der Waals surface area contributed by atoms with Crippen LogP contribution in [0.4, 0.5) is 0 Å². The van der Waals surface area contributed by atoms with Crippen LogP contribution in [0.25, 0.3) is 0 Å². The fraction of sp³-hybridized carbons (Fsp3) is 0.760. The van der Waals surface area contributed by atoms with E-state index in [9.17, 15) is 0 Å². The normalized spacial score (nSPS) is 27.1. The second-order valence-electron chi connectivity index (χ2n) is 9.36. The van der Waals surface area contributed by atoms with Gasteiger partial charge in [-0.1, -0.05) is 31.9 Å². The van der Waals surface area contributed by atoms with Gasteiger partial charge >= 0.3 is 0 Å². The summed E-state index contributed by atoms with van der Waals surface area (Å²) in [6, 6.07) is 8.72. The molecule has 1 aliphatic carbocycles. The average Bonchev–Trinajstić information content (AvgIpc) is 3.20. The molecule has 2 aliphatic heterocycles. The number of nitrogens with zero attached hydrogens (tertiary/aromatic N) is 2. The predicted molar refractivity (Wildman–Crippen MR) is 118 cm³/mol. The van der Waals surface area contributed by atoms with Crippen LogP contribution in [0.1, 0.15) is 51.0 Å². The van der Waals surface area contributed by atoms with Crippen LogP contribution in [0.2, 0.25) is 0 Å². The molecule has 4 heteroatoms. The number of unbranched alkanes of at least 4 members (excludes halogenated alkanes) is 1. The molecular formula is C25H40N2O2. The first kappa shape index (κ1) is 21.1. The van der Waals surface area contributed by atoms with Gasteiger partial charge in [0.05, 0.1) is 13.2 Å². The first-order chi connectivity index (χ1) is 14.3. The molecule has 0 unspecified atom stereocenters. The second-order valence-corrected chi connectivity index (χ2v) is 9.36. The minimum atomic E-state index is 0.826. The van der Waals surface area contributed by atoms with Crippen LogP contribution in [0, 0.1) is 17.8 Å². The van der Waals surface area contributed by atoms with Crippen molar-refractivity contribution in [3.63, 3.8) is 0 Å². The number of hydrogen-bond donors (Lipinski definition) is 0. The number of benzene rings is 1. The van der Waals surface area contributed by atoms with Crippen LogP contribution in [-0.4, -0.2) is 62.3 Å². The Kier molecular flexibility index (Phi) is 7.87. The third-order valence-corrected chi connectivity index (χ3v) is 7.07. The Labute approximate surface area is 177 Å². The van der Waals surface area contributed by atoms with E-state index in [2.05, 4.69) is 41.0 Å². The molecule has 4 nitrogen and oxygen atoms in total. The largest absolute Gasteiger partial charge is 0.494 e. The standard InChI is InChI=1S/C25H40N2O2/c1-2-3-16-29-22-10-8-21(9-11-22)17-27-18-23-24(19-27)25(23)20-28-15-7-14-26-12-5-4-6-13-26/h8-11,23-25H,2-7,12-20H2,1H3/t23-,24+,25+. The van der Waals surface area contributed by atoms with E-state index in [0.29, 0.717) is 0 Å². The molecule has 29 heavy (non-hydrogen) atoms. The van der Waals surface area contributed by atoms with Gasteiger partial charge in [0.2, 0.25) is 0 Å². The molecule has 0 radical (unpaired) electrons. The highest BCUT2D eigenvalue weighted by atomic mass is 16.5. The minimum Gasteiger partial charge on any atom is -0.494 e. The summed E-state index contributed by atoms with van der Waals surface area (Å²) in [7, 11) is 0. The average molecular weight is 401 g/mol. The van der Waals surface area contributed by atoms with Gasteiger partial charge in [-0.25, -0.2) is 0 Å². The Morgan fingerprint density at radius 3 is 2.38 bits per heavy atom. The highest BCUT2D eigenvalue weighted by molar-refractivity contribution is 5.27. The molecule has 3 atom stereocenters. The SMILES string of the molecule is CCCCOc1ccc(CN2C[C@@H]3[C@@H](COCCCN4CCCCC4)[C@@H]3C2)cc1. The number of ether oxygens (including phenoxy) is 2. The van der Waals surface area contributed by atoms with E-state index in [4.69, 9.17) is 9.47 Å². The molecule has 162 valence electrons. The summed E-state index contributed by atoms with van der Waals surface area (Å²) in [5.74, 6) is 3.60.